The second-order valence-corrected chi connectivity index (χ2v) is 8.49. The van der Waals surface area contributed by atoms with Gasteiger partial charge in [-0.1, -0.05) is 6.92 Å². The zero-order valence-corrected chi connectivity index (χ0v) is 15.3. The Hall–Kier alpha value is -1.81. The molecule has 0 saturated heterocycles. The zero-order valence-electron chi connectivity index (χ0n) is 13.6. The molecule has 0 unspecified atom stereocenters. The number of carbonyl (C=O) groups is 1. The Morgan fingerprint density at radius 1 is 1.32 bits per heavy atom. The summed E-state index contributed by atoms with van der Waals surface area (Å²) in [6.45, 7) is 4.27. The Morgan fingerprint density at radius 2 is 1.96 bits per heavy atom. The first-order valence-electron chi connectivity index (χ1n) is 7.26. The molecule has 0 aromatic carbocycles. The van der Waals surface area contributed by atoms with E-state index in [1.165, 1.54) is 13.8 Å². The highest BCUT2D eigenvalue weighted by molar-refractivity contribution is 7.91. The van der Waals surface area contributed by atoms with Crippen molar-refractivity contribution < 1.29 is 26.4 Å². The second-order valence-electron chi connectivity index (χ2n) is 5.36. The lowest BCUT2D eigenvalue weighted by atomic mass is 10.2. The topological polar surface area (TPSA) is 77.0 Å². The summed E-state index contributed by atoms with van der Waals surface area (Å²) in [6, 6.07) is 1.10. The molecule has 10 heteroatoms. The minimum atomic E-state index is -4.70. The van der Waals surface area contributed by atoms with Gasteiger partial charge in [-0.05, 0) is 26.3 Å². The number of ketones is 1. The van der Waals surface area contributed by atoms with E-state index >= 15 is 0 Å². The van der Waals surface area contributed by atoms with Crippen molar-refractivity contribution >= 4 is 27.0 Å². The van der Waals surface area contributed by atoms with E-state index in [0.29, 0.717) is 24.0 Å². The third-order valence-corrected chi connectivity index (χ3v) is 6.58. The smallest absolute Gasteiger partial charge is 0.294 e. The lowest BCUT2D eigenvalue weighted by molar-refractivity contribution is -0.137. The highest BCUT2D eigenvalue weighted by Crippen LogP contribution is 2.40. The first-order valence-corrected chi connectivity index (χ1v) is 9.73. The third-order valence-electron chi connectivity index (χ3n) is 3.27. The summed E-state index contributed by atoms with van der Waals surface area (Å²) < 4.78 is 64.4. The van der Waals surface area contributed by atoms with Gasteiger partial charge in [0.05, 0.1) is 26.1 Å². The summed E-state index contributed by atoms with van der Waals surface area (Å²) in [5.41, 5.74) is -1.50. The molecule has 0 bridgehead atoms. The summed E-state index contributed by atoms with van der Waals surface area (Å²) in [4.78, 5) is 18.8. The maximum atomic E-state index is 13.2. The van der Waals surface area contributed by atoms with Crippen LogP contribution in [-0.2, 0) is 16.0 Å². The molecule has 0 aliphatic rings. The molecule has 136 valence electrons. The maximum absolute atomic E-state index is 13.2. The number of aromatic nitrogens is 2. The summed E-state index contributed by atoms with van der Waals surface area (Å²) in [6.07, 6.45) is -3.72. The van der Waals surface area contributed by atoms with E-state index in [1.54, 1.807) is 6.92 Å². The van der Waals surface area contributed by atoms with Crippen LogP contribution >= 0.6 is 11.3 Å². The van der Waals surface area contributed by atoms with Gasteiger partial charge in [0.2, 0.25) is 0 Å². The maximum Gasteiger partial charge on any atom is 0.420 e. The van der Waals surface area contributed by atoms with Crippen LogP contribution in [0.25, 0.3) is 10.6 Å². The molecule has 25 heavy (non-hydrogen) atoms. The Morgan fingerprint density at radius 3 is 2.48 bits per heavy atom. The molecular formula is C15H15F3N2O3S2. The van der Waals surface area contributed by atoms with Gasteiger partial charge < -0.3 is 0 Å². The summed E-state index contributed by atoms with van der Waals surface area (Å²) in [7, 11) is -3.77. The molecule has 0 saturated carbocycles. The van der Waals surface area contributed by atoms with Crippen LogP contribution in [0.1, 0.15) is 41.3 Å². The van der Waals surface area contributed by atoms with Crippen LogP contribution in [0, 0.1) is 6.92 Å². The summed E-state index contributed by atoms with van der Waals surface area (Å²) >= 11 is 0.693. The molecule has 0 fully saturated rings. The summed E-state index contributed by atoms with van der Waals surface area (Å²) in [5.74, 6) is -0.609. The number of Topliss-reactive ketones (excluding diaryl/α,β-unsaturated/α-hetero) is 1. The van der Waals surface area contributed by atoms with Crippen LogP contribution in [0.2, 0.25) is 0 Å². The predicted molar refractivity (Wildman–Crippen MR) is 87.4 cm³/mol. The van der Waals surface area contributed by atoms with Gasteiger partial charge in [0, 0.05) is 6.20 Å². The van der Waals surface area contributed by atoms with Gasteiger partial charge in [0.25, 0.3) is 0 Å². The first-order chi connectivity index (χ1) is 11.5. The first kappa shape index (κ1) is 19.5. The molecule has 0 spiro atoms. The number of thiophene rings is 1. The van der Waals surface area contributed by atoms with Crippen molar-refractivity contribution in [1.29, 1.82) is 0 Å². The van der Waals surface area contributed by atoms with E-state index in [0.717, 1.165) is 6.07 Å². The van der Waals surface area contributed by atoms with Crippen molar-refractivity contribution in [2.75, 3.05) is 5.75 Å². The molecule has 0 atom stereocenters. The number of nitrogens with zero attached hydrogens (tertiary/aromatic N) is 2. The van der Waals surface area contributed by atoms with Gasteiger partial charge >= 0.3 is 6.18 Å². The highest BCUT2D eigenvalue weighted by atomic mass is 32.2. The van der Waals surface area contributed by atoms with E-state index in [9.17, 15) is 26.4 Å². The van der Waals surface area contributed by atoms with Crippen molar-refractivity contribution in [1.82, 2.24) is 9.97 Å². The van der Waals surface area contributed by atoms with Gasteiger partial charge in [0.15, 0.2) is 15.6 Å². The van der Waals surface area contributed by atoms with Gasteiger partial charge in [-0.3, -0.25) is 4.79 Å². The minimum absolute atomic E-state index is 0.0299. The molecule has 0 amide bonds. The average molecular weight is 392 g/mol. The van der Waals surface area contributed by atoms with Crippen LogP contribution in [0.3, 0.4) is 0 Å². The number of alkyl halides is 3. The number of carbonyl (C=O) groups excluding carboxylic acids is 1. The number of aryl methyl sites for hydroxylation is 1. The lowest BCUT2D eigenvalue weighted by Crippen LogP contribution is -2.10. The van der Waals surface area contributed by atoms with E-state index in [4.69, 9.17) is 0 Å². The molecule has 2 aromatic heterocycles. The lowest BCUT2D eigenvalue weighted by Gasteiger charge is -2.10. The Bertz CT molecular complexity index is 919. The van der Waals surface area contributed by atoms with Crippen molar-refractivity contribution in [2.45, 2.75) is 38.3 Å². The fourth-order valence-corrected chi connectivity index (χ4v) is 5.23. The fraction of sp³-hybridized carbons (Fsp3) is 0.400. The van der Waals surface area contributed by atoms with E-state index in [-0.39, 0.29) is 26.2 Å². The molecule has 2 rings (SSSR count). The molecule has 2 heterocycles. The molecule has 0 N–H and O–H groups in total. The standard InChI is InChI=1S/C15H15F3N2O3S2/c1-4-5-25(22,23)12-6-11(24-14(12)8(2)21)13-10(15(16,17)18)7-19-9(3)20-13/h6-7H,4-5H2,1-3H3. The van der Waals surface area contributed by atoms with Gasteiger partial charge in [-0.15, -0.1) is 11.3 Å². The van der Waals surface area contributed by atoms with Gasteiger partial charge in [0.1, 0.15) is 11.4 Å². The van der Waals surface area contributed by atoms with E-state index in [1.807, 2.05) is 0 Å². The van der Waals surface area contributed by atoms with Crippen molar-refractivity contribution in [3.8, 4) is 10.6 Å². The number of halogens is 3. The SMILES string of the molecule is CCCS(=O)(=O)c1cc(-c2nc(C)ncc2C(F)(F)F)sc1C(C)=O. The largest absolute Gasteiger partial charge is 0.420 e. The van der Waals surface area contributed by atoms with Gasteiger partial charge in [-0.25, -0.2) is 18.4 Å². The van der Waals surface area contributed by atoms with Crippen LogP contribution in [0.5, 0.6) is 0 Å². The number of sulfone groups is 1. The fourth-order valence-electron chi connectivity index (χ4n) is 2.21. The molecule has 0 radical (unpaired) electrons. The van der Waals surface area contributed by atoms with E-state index < -0.39 is 33.1 Å². The Kier molecular flexibility index (Phi) is 5.33. The highest BCUT2D eigenvalue weighted by Gasteiger charge is 2.36. The van der Waals surface area contributed by atoms with Crippen LogP contribution in [-0.4, -0.2) is 29.9 Å². The van der Waals surface area contributed by atoms with Crippen LogP contribution in [0.4, 0.5) is 13.2 Å². The monoisotopic (exact) mass is 392 g/mol. The Balaban J connectivity index is 2.75. The van der Waals surface area contributed by atoms with E-state index in [2.05, 4.69) is 9.97 Å². The van der Waals surface area contributed by atoms with Crippen LogP contribution in [0.15, 0.2) is 17.2 Å². The minimum Gasteiger partial charge on any atom is -0.294 e. The predicted octanol–water partition coefficient (Wildman–Crippen LogP) is 3.92. The second kappa shape index (κ2) is 6.83. The van der Waals surface area contributed by atoms with Crippen molar-refractivity contribution in [3.05, 3.63) is 28.5 Å². The number of hydrogen-bond acceptors (Lipinski definition) is 6. The molecule has 0 aliphatic heterocycles. The van der Waals surface area contributed by atoms with Crippen molar-refractivity contribution in [3.63, 3.8) is 0 Å². The van der Waals surface area contributed by atoms with Gasteiger partial charge in [-0.2, -0.15) is 13.2 Å². The summed E-state index contributed by atoms with van der Waals surface area (Å²) in [5, 5.41) is 0. The number of rotatable bonds is 5. The zero-order chi connectivity index (χ0) is 19.0. The van der Waals surface area contributed by atoms with Crippen LogP contribution < -0.4 is 0 Å². The van der Waals surface area contributed by atoms with Crippen molar-refractivity contribution in [2.24, 2.45) is 0 Å². The Labute approximate surface area is 146 Å². The molecular weight excluding hydrogens is 377 g/mol. The average Bonchev–Trinajstić information content (AvgIpc) is 2.92. The molecule has 0 aliphatic carbocycles. The number of hydrogen-bond donors (Lipinski definition) is 0. The third kappa shape index (κ3) is 4.06. The normalized spacial score (nSPS) is 12.4. The quantitative estimate of drug-likeness (QED) is 0.721. The molecule has 5 nitrogen and oxygen atoms in total. The molecule has 2 aromatic rings.